The number of nitrogens with zero attached hydrogens (tertiary/aromatic N) is 1. The summed E-state index contributed by atoms with van der Waals surface area (Å²) in [6.07, 6.45) is 3.69. The molecule has 0 amide bonds. The van der Waals surface area contributed by atoms with Crippen molar-refractivity contribution in [1.29, 1.82) is 0 Å². The molecule has 0 rings (SSSR count). The maximum absolute atomic E-state index is 5.30. The Labute approximate surface area is 108 Å². The molecule has 0 heterocycles. The summed E-state index contributed by atoms with van der Waals surface area (Å²) in [6, 6.07) is 0. The Morgan fingerprint density at radius 3 is 2.53 bits per heavy atom. The second-order valence-corrected chi connectivity index (χ2v) is 5.14. The highest BCUT2D eigenvalue weighted by molar-refractivity contribution is 4.57. The molecule has 0 aromatic carbocycles. The van der Waals surface area contributed by atoms with E-state index in [-0.39, 0.29) is 0 Å². The van der Waals surface area contributed by atoms with Crippen LogP contribution >= 0.6 is 0 Å². The van der Waals surface area contributed by atoms with Gasteiger partial charge in [-0.05, 0) is 52.2 Å². The fourth-order valence-electron chi connectivity index (χ4n) is 1.58. The molecule has 0 bridgehead atoms. The molecule has 3 nitrogen and oxygen atoms in total. The van der Waals surface area contributed by atoms with Crippen molar-refractivity contribution >= 4 is 0 Å². The monoisotopic (exact) mass is 244 g/mol. The van der Waals surface area contributed by atoms with Crippen LogP contribution in [0.15, 0.2) is 0 Å². The summed E-state index contributed by atoms with van der Waals surface area (Å²) >= 11 is 0. The molecule has 0 aliphatic rings. The third-order valence-electron chi connectivity index (χ3n) is 2.85. The summed E-state index contributed by atoms with van der Waals surface area (Å²) in [4.78, 5) is 2.41. The smallest absolute Gasteiger partial charge is 0.0466 e. The van der Waals surface area contributed by atoms with Gasteiger partial charge < -0.3 is 15.0 Å². The van der Waals surface area contributed by atoms with Crippen molar-refractivity contribution in [3.8, 4) is 0 Å². The molecule has 0 aromatic rings. The maximum Gasteiger partial charge on any atom is 0.0466 e. The molecule has 0 spiro atoms. The zero-order valence-electron chi connectivity index (χ0n) is 12.3. The van der Waals surface area contributed by atoms with E-state index in [1.165, 1.54) is 25.8 Å². The molecule has 0 fully saturated rings. The number of nitrogens with one attached hydrogen (secondary N) is 1. The van der Waals surface area contributed by atoms with Gasteiger partial charge in [-0.15, -0.1) is 0 Å². The van der Waals surface area contributed by atoms with Crippen molar-refractivity contribution in [2.45, 2.75) is 40.0 Å². The lowest BCUT2D eigenvalue weighted by Gasteiger charge is -2.17. The van der Waals surface area contributed by atoms with Crippen LogP contribution in [0.4, 0.5) is 0 Å². The van der Waals surface area contributed by atoms with E-state index < -0.39 is 0 Å². The molecule has 3 heteroatoms. The molecule has 0 unspecified atom stereocenters. The fourth-order valence-corrected chi connectivity index (χ4v) is 1.58. The van der Waals surface area contributed by atoms with Crippen LogP contribution < -0.4 is 5.32 Å². The highest BCUT2D eigenvalue weighted by Gasteiger charge is 1.99. The molecule has 0 aromatic heterocycles. The van der Waals surface area contributed by atoms with E-state index in [1.54, 1.807) is 0 Å². The predicted octanol–water partition coefficient (Wildman–Crippen LogP) is 2.37. The number of ether oxygens (including phenoxy) is 1. The second kappa shape index (κ2) is 12.3. The largest absolute Gasteiger partial charge is 0.382 e. The minimum atomic E-state index is 0.809. The zero-order chi connectivity index (χ0) is 12.9. The third-order valence-corrected chi connectivity index (χ3v) is 2.85. The van der Waals surface area contributed by atoms with Crippen LogP contribution in [0.25, 0.3) is 0 Å². The average Bonchev–Trinajstić information content (AvgIpc) is 2.30. The summed E-state index contributed by atoms with van der Waals surface area (Å²) in [5.74, 6) is 0.809. The number of likely N-dealkylation sites (N-methyl/N-ethyl adjacent to an activating group) is 1. The Morgan fingerprint density at radius 1 is 1.12 bits per heavy atom. The fraction of sp³-hybridized carbons (Fsp3) is 1.00. The van der Waals surface area contributed by atoms with Crippen LogP contribution in [0.5, 0.6) is 0 Å². The molecule has 0 saturated carbocycles. The third kappa shape index (κ3) is 13.8. The van der Waals surface area contributed by atoms with Crippen LogP contribution in [-0.2, 0) is 4.74 Å². The van der Waals surface area contributed by atoms with Gasteiger partial charge in [0.05, 0.1) is 0 Å². The summed E-state index contributed by atoms with van der Waals surface area (Å²) in [6.45, 7) is 12.9. The van der Waals surface area contributed by atoms with E-state index in [1.807, 2.05) is 6.92 Å². The van der Waals surface area contributed by atoms with Crippen LogP contribution in [0, 0.1) is 5.92 Å². The Kier molecular flexibility index (Phi) is 12.3. The van der Waals surface area contributed by atoms with Gasteiger partial charge in [0, 0.05) is 26.3 Å². The minimum Gasteiger partial charge on any atom is -0.382 e. The van der Waals surface area contributed by atoms with E-state index in [4.69, 9.17) is 4.74 Å². The van der Waals surface area contributed by atoms with Gasteiger partial charge in [0.1, 0.15) is 0 Å². The van der Waals surface area contributed by atoms with Gasteiger partial charge in [0.25, 0.3) is 0 Å². The lowest BCUT2D eigenvalue weighted by Crippen LogP contribution is -2.30. The lowest BCUT2D eigenvalue weighted by atomic mass is 10.1. The first-order chi connectivity index (χ1) is 8.16. The second-order valence-electron chi connectivity index (χ2n) is 5.14. The highest BCUT2D eigenvalue weighted by atomic mass is 16.5. The molecule has 0 atom stereocenters. The van der Waals surface area contributed by atoms with E-state index in [9.17, 15) is 0 Å². The van der Waals surface area contributed by atoms with Crippen molar-refractivity contribution in [3.63, 3.8) is 0 Å². The van der Waals surface area contributed by atoms with Crippen molar-refractivity contribution in [1.82, 2.24) is 10.2 Å². The SMILES string of the molecule is CCOCCCCNCCN(C)CCC(C)C. The Morgan fingerprint density at radius 2 is 1.88 bits per heavy atom. The number of hydrogen-bond acceptors (Lipinski definition) is 3. The first kappa shape index (κ1) is 16.9. The minimum absolute atomic E-state index is 0.809. The molecular formula is C14H32N2O. The molecular weight excluding hydrogens is 212 g/mol. The van der Waals surface area contributed by atoms with Crippen molar-refractivity contribution in [2.75, 3.05) is 46.4 Å². The molecule has 104 valence electrons. The van der Waals surface area contributed by atoms with Gasteiger partial charge in [-0.3, -0.25) is 0 Å². The normalized spacial score (nSPS) is 11.6. The van der Waals surface area contributed by atoms with Gasteiger partial charge >= 0.3 is 0 Å². The van der Waals surface area contributed by atoms with Crippen LogP contribution in [-0.4, -0.2) is 51.3 Å². The van der Waals surface area contributed by atoms with Gasteiger partial charge in [0.15, 0.2) is 0 Å². The summed E-state index contributed by atoms with van der Waals surface area (Å²) in [7, 11) is 2.21. The topological polar surface area (TPSA) is 24.5 Å². The summed E-state index contributed by atoms with van der Waals surface area (Å²) in [5.41, 5.74) is 0. The van der Waals surface area contributed by atoms with Gasteiger partial charge in [-0.2, -0.15) is 0 Å². The zero-order valence-corrected chi connectivity index (χ0v) is 12.3. The van der Waals surface area contributed by atoms with E-state index in [0.717, 1.165) is 38.8 Å². The van der Waals surface area contributed by atoms with Crippen LogP contribution in [0.2, 0.25) is 0 Å². The first-order valence-electron chi connectivity index (χ1n) is 7.13. The molecule has 0 aliphatic carbocycles. The number of hydrogen-bond donors (Lipinski definition) is 1. The predicted molar refractivity (Wildman–Crippen MR) is 75.5 cm³/mol. The Balaban J connectivity index is 3.11. The Bertz CT molecular complexity index is 151. The average molecular weight is 244 g/mol. The quantitative estimate of drug-likeness (QED) is 0.533. The molecule has 0 aliphatic heterocycles. The molecule has 1 N–H and O–H groups in total. The van der Waals surface area contributed by atoms with Crippen LogP contribution in [0.3, 0.4) is 0 Å². The molecule has 0 saturated heterocycles. The number of unbranched alkanes of at least 4 members (excludes halogenated alkanes) is 1. The van der Waals surface area contributed by atoms with Gasteiger partial charge in [-0.25, -0.2) is 0 Å². The van der Waals surface area contributed by atoms with Crippen molar-refractivity contribution in [2.24, 2.45) is 5.92 Å². The van der Waals surface area contributed by atoms with Crippen LogP contribution in [0.1, 0.15) is 40.0 Å². The van der Waals surface area contributed by atoms with Crippen molar-refractivity contribution < 1.29 is 4.74 Å². The van der Waals surface area contributed by atoms with Gasteiger partial charge in [0.2, 0.25) is 0 Å². The Hall–Kier alpha value is -0.120. The maximum atomic E-state index is 5.30. The highest BCUT2D eigenvalue weighted by Crippen LogP contribution is 1.99. The summed E-state index contributed by atoms with van der Waals surface area (Å²) < 4.78 is 5.30. The molecule has 17 heavy (non-hydrogen) atoms. The van der Waals surface area contributed by atoms with E-state index >= 15 is 0 Å². The number of rotatable bonds is 12. The lowest BCUT2D eigenvalue weighted by molar-refractivity contribution is 0.143. The molecule has 0 radical (unpaired) electrons. The summed E-state index contributed by atoms with van der Waals surface area (Å²) in [5, 5.41) is 3.48. The van der Waals surface area contributed by atoms with E-state index in [2.05, 4.69) is 31.1 Å². The first-order valence-corrected chi connectivity index (χ1v) is 7.13. The standard InChI is InChI=1S/C14H32N2O/c1-5-17-13-7-6-9-15-10-12-16(4)11-8-14(2)3/h14-15H,5-13H2,1-4H3. The van der Waals surface area contributed by atoms with Gasteiger partial charge in [-0.1, -0.05) is 13.8 Å². The van der Waals surface area contributed by atoms with Crippen molar-refractivity contribution in [3.05, 3.63) is 0 Å². The van der Waals surface area contributed by atoms with E-state index in [0.29, 0.717) is 0 Å².